The zero-order chi connectivity index (χ0) is 14.2. The highest BCUT2D eigenvalue weighted by Crippen LogP contribution is 2.38. The first-order chi connectivity index (χ1) is 8.81. The lowest BCUT2D eigenvalue weighted by Gasteiger charge is -2.32. The van der Waals surface area contributed by atoms with Gasteiger partial charge in [0.1, 0.15) is 0 Å². The molecule has 106 valence electrons. The van der Waals surface area contributed by atoms with Crippen molar-refractivity contribution in [2.45, 2.75) is 72.9 Å². The summed E-state index contributed by atoms with van der Waals surface area (Å²) >= 11 is 0. The summed E-state index contributed by atoms with van der Waals surface area (Å²) in [6.45, 7) is 13.8. The van der Waals surface area contributed by atoms with E-state index in [0.717, 1.165) is 0 Å². The van der Waals surface area contributed by atoms with Gasteiger partial charge >= 0.3 is 0 Å². The molecular weight excluding hydrogens is 230 g/mol. The van der Waals surface area contributed by atoms with Crippen LogP contribution in [0.1, 0.15) is 68.3 Å². The first kappa shape index (κ1) is 14.6. The summed E-state index contributed by atoms with van der Waals surface area (Å²) in [5.41, 5.74) is 6.16. The van der Waals surface area contributed by atoms with E-state index in [9.17, 15) is 0 Å². The Morgan fingerprint density at radius 2 is 1.74 bits per heavy atom. The van der Waals surface area contributed by atoms with Gasteiger partial charge in [-0.2, -0.15) is 0 Å². The Labute approximate surface area is 118 Å². The highest BCUT2D eigenvalue weighted by atomic mass is 15.0. The van der Waals surface area contributed by atoms with Crippen LogP contribution in [0.2, 0.25) is 0 Å². The normalized spacial score (nSPS) is 23.6. The van der Waals surface area contributed by atoms with Crippen molar-refractivity contribution in [2.75, 3.05) is 0 Å². The molecule has 0 spiro atoms. The van der Waals surface area contributed by atoms with Crippen molar-refractivity contribution in [3.05, 3.63) is 34.4 Å². The van der Waals surface area contributed by atoms with E-state index in [1.165, 1.54) is 41.5 Å². The molecule has 0 aliphatic heterocycles. The minimum absolute atomic E-state index is 0.445. The quantitative estimate of drug-likeness (QED) is 0.819. The van der Waals surface area contributed by atoms with Crippen LogP contribution in [0.25, 0.3) is 0 Å². The van der Waals surface area contributed by atoms with E-state index < -0.39 is 0 Å². The summed E-state index contributed by atoms with van der Waals surface area (Å²) in [6, 6.07) is 5.71. The van der Waals surface area contributed by atoms with Crippen LogP contribution in [0.3, 0.4) is 0 Å². The highest BCUT2D eigenvalue weighted by Gasteiger charge is 2.35. The number of hydrogen-bond donors (Lipinski definition) is 1. The van der Waals surface area contributed by atoms with Crippen molar-refractivity contribution < 1.29 is 0 Å². The lowest BCUT2D eigenvalue weighted by molar-refractivity contribution is 0.266. The van der Waals surface area contributed by atoms with Crippen molar-refractivity contribution in [1.29, 1.82) is 0 Å². The molecule has 0 heterocycles. The van der Waals surface area contributed by atoms with Gasteiger partial charge in [-0.15, -0.1) is 0 Å². The number of aryl methyl sites for hydroxylation is 3. The van der Waals surface area contributed by atoms with Crippen LogP contribution in [0, 0.1) is 26.2 Å². The summed E-state index contributed by atoms with van der Waals surface area (Å²) in [6.07, 6.45) is 4.04. The topological polar surface area (TPSA) is 12.0 Å². The standard InChI is InChI=1S/C18H29N/c1-12-10-13(2)17(14(3)11-12)15(4)19-16-8-7-9-18(16,5)6/h10-11,15-16,19H,7-9H2,1-6H3. The molecule has 2 atom stereocenters. The first-order valence-electron chi connectivity index (χ1n) is 7.65. The molecule has 1 N–H and O–H groups in total. The van der Waals surface area contributed by atoms with Gasteiger partial charge in [-0.3, -0.25) is 0 Å². The molecule has 1 aromatic rings. The van der Waals surface area contributed by atoms with Crippen molar-refractivity contribution in [1.82, 2.24) is 5.32 Å². The van der Waals surface area contributed by atoms with E-state index in [0.29, 0.717) is 17.5 Å². The van der Waals surface area contributed by atoms with Crippen LogP contribution in [0.5, 0.6) is 0 Å². The maximum Gasteiger partial charge on any atom is 0.0299 e. The van der Waals surface area contributed by atoms with E-state index in [4.69, 9.17) is 0 Å². The number of hydrogen-bond acceptors (Lipinski definition) is 1. The van der Waals surface area contributed by atoms with Crippen LogP contribution in [-0.4, -0.2) is 6.04 Å². The molecule has 1 heteroatoms. The molecular formula is C18H29N. The van der Waals surface area contributed by atoms with Crippen molar-refractivity contribution in [2.24, 2.45) is 5.41 Å². The second-order valence-electron chi connectivity index (χ2n) is 7.13. The van der Waals surface area contributed by atoms with E-state index in [1.54, 1.807) is 0 Å². The Morgan fingerprint density at radius 3 is 2.21 bits per heavy atom. The van der Waals surface area contributed by atoms with Gasteiger partial charge in [-0.05, 0) is 62.6 Å². The number of benzene rings is 1. The van der Waals surface area contributed by atoms with Gasteiger partial charge in [0.05, 0.1) is 0 Å². The molecule has 0 radical (unpaired) electrons. The van der Waals surface area contributed by atoms with Gasteiger partial charge in [-0.1, -0.05) is 38.0 Å². The second-order valence-corrected chi connectivity index (χ2v) is 7.13. The monoisotopic (exact) mass is 259 g/mol. The molecule has 0 amide bonds. The Morgan fingerprint density at radius 1 is 1.16 bits per heavy atom. The zero-order valence-corrected chi connectivity index (χ0v) is 13.4. The number of nitrogens with one attached hydrogen (secondary N) is 1. The average molecular weight is 259 g/mol. The predicted molar refractivity (Wildman–Crippen MR) is 83.6 cm³/mol. The van der Waals surface area contributed by atoms with Crippen LogP contribution < -0.4 is 5.32 Å². The SMILES string of the molecule is Cc1cc(C)c(C(C)NC2CCCC2(C)C)c(C)c1. The Kier molecular flexibility index (Phi) is 4.06. The summed E-state index contributed by atoms with van der Waals surface area (Å²) < 4.78 is 0. The zero-order valence-electron chi connectivity index (χ0n) is 13.4. The fourth-order valence-corrected chi connectivity index (χ4v) is 3.90. The van der Waals surface area contributed by atoms with E-state index in [1.807, 2.05) is 0 Å². The van der Waals surface area contributed by atoms with Crippen LogP contribution in [-0.2, 0) is 0 Å². The van der Waals surface area contributed by atoms with Gasteiger partial charge in [0, 0.05) is 12.1 Å². The largest absolute Gasteiger partial charge is 0.307 e. The summed E-state index contributed by atoms with van der Waals surface area (Å²) in [7, 11) is 0. The van der Waals surface area contributed by atoms with Gasteiger partial charge in [-0.25, -0.2) is 0 Å². The van der Waals surface area contributed by atoms with E-state index in [2.05, 4.69) is 59.0 Å². The molecule has 1 saturated carbocycles. The van der Waals surface area contributed by atoms with Crippen molar-refractivity contribution >= 4 is 0 Å². The van der Waals surface area contributed by atoms with Gasteiger partial charge in [0.25, 0.3) is 0 Å². The van der Waals surface area contributed by atoms with Crippen LogP contribution in [0.4, 0.5) is 0 Å². The third kappa shape index (κ3) is 3.02. The van der Waals surface area contributed by atoms with Gasteiger partial charge in [0.2, 0.25) is 0 Å². The van der Waals surface area contributed by atoms with Crippen LogP contribution in [0.15, 0.2) is 12.1 Å². The van der Waals surface area contributed by atoms with Crippen molar-refractivity contribution in [3.8, 4) is 0 Å². The highest BCUT2D eigenvalue weighted by molar-refractivity contribution is 5.39. The Bertz CT molecular complexity index is 436. The minimum Gasteiger partial charge on any atom is -0.307 e. The molecule has 2 rings (SSSR count). The minimum atomic E-state index is 0.445. The maximum absolute atomic E-state index is 3.89. The van der Waals surface area contributed by atoms with Crippen molar-refractivity contribution in [3.63, 3.8) is 0 Å². The lowest BCUT2D eigenvalue weighted by atomic mass is 9.86. The summed E-state index contributed by atoms with van der Waals surface area (Å²) in [5.74, 6) is 0. The van der Waals surface area contributed by atoms with E-state index in [-0.39, 0.29) is 0 Å². The summed E-state index contributed by atoms with van der Waals surface area (Å²) in [5, 5.41) is 3.89. The molecule has 1 fully saturated rings. The molecule has 0 aromatic heterocycles. The second kappa shape index (κ2) is 5.28. The fourth-order valence-electron chi connectivity index (χ4n) is 3.90. The maximum atomic E-state index is 3.89. The smallest absolute Gasteiger partial charge is 0.0299 e. The first-order valence-corrected chi connectivity index (χ1v) is 7.65. The van der Waals surface area contributed by atoms with Gasteiger partial charge < -0.3 is 5.32 Å². The molecule has 1 aliphatic rings. The van der Waals surface area contributed by atoms with Gasteiger partial charge in [0.15, 0.2) is 0 Å². The van der Waals surface area contributed by atoms with Crippen LogP contribution >= 0.6 is 0 Å². The molecule has 0 bridgehead atoms. The van der Waals surface area contributed by atoms with E-state index >= 15 is 0 Å². The molecule has 19 heavy (non-hydrogen) atoms. The predicted octanol–water partition coefficient (Wildman–Crippen LogP) is 4.84. The third-order valence-electron chi connectivity index (χ3n) is 4.88. The molecule has 1 aromatic carbocycles. The Balaban J connectivity index is 2.19. The Hall–Kier alpha value is -0.820. The summed E-state index contributed by atoms with van der Waals surface area (Å²) in [4.78, 5) is 0. The molecule has 0 saturated heterocycles. The fraction of sp³-hybridized carbons (Fsp3) is 0.667. The molecule has 1 nitrogen and oxygen atoms in total. The lowest BCUT2D eigenvalue weighted by Crippen LogP contribution is -2.39. The third-order valence-corrected chi connectivity index (χ3v) is 4.88. The molecule has 1 aliphatic carbocycles. The number of rotatable bonds is 3. The molecule has 2 unspecified atom stereocenters. The average Bonchev–Trinajstić information content (AvgIpc) is 2.56.